The molecule has 0 aliphatic rings. The highest BCUT2D eigenvalue weighted by molar-refractivity contribution is 5.97. The number of rotatable bonds is 9. The number of carbonyl (C=O) groups excluding carboxylic acids is 1. The van der Waals surface area contributed by atoms with Gasteiger partial charge in [-0.15, -0.1) is 0 Å². The molecule has 0 unspecified atom stereocenters. The highest BCUT2D eigenvalue weighted by atomic mass is 19.4. The molecule has 0 aliphatic carbocycles. The van der Waals surface area contributed by atoms with Crippen molar-refractivity contribution in [2.45, 2.75) is 51.9 Å². The summed E-state index contributed by atoms with van der Waals surface area (Å²) in [5.41, 5.74) is 0.585. The molecule has 3 rings (SSSR count). The Balaban J connectivity index is 1.79. The van der Waals surface area contributed by atoms with Crippen molar-refractivity contribution in [3.8, 4) is 11.3 Å². The highest BCUT2D eigenvalue weighted by Gasteiger charge is 2.38. The number of pyridine rings is 2. The summed E-state index contributed by atoms with van der Waals surface area (Å²) >= 11 is 0. The summed E-state index contributed by atoms with van der Waals surface area (Å²) in [4.78, 5) is 41.4. The quantitative estimate of drug-likeness (QED) is 0.329. The van der Waals surface area contributed by atoms with Gasteiger partial charge >= 0.3 is 12.1 Å². The van der Waals surface area contributed by atoms with Gasteiger partial charge in [0.25, 0.3) is 11.5 Å². The maximum Gasteiger partial charge on any atom is 0.408 e. The summed E-state index contributed by atoms with van der Waals surface area (Å²) in [5, 5.41) is 13.6. The number of carboxylic acid groups (broad SMARTS) is 1. The maximum absolute atomic E-state index is 14.6. The molecule has 0 saturated heterocycles. The molecule has 0 radical (unpaired) electrons. The van der Waals surface area contributed by atoms with Crippen LogP contribution in [-0.4, -0.2) is 44.8 Å². The molecule has 0 spiro atoms. The summed E-state index contributed by atoms with van der Waals surface area (Å²) in [6.45, 7) is 4.78. The largest absolute Gasteiger partial charge is 0.480 e. The summed E-state index contributed by atoms with van der Waals surface area (Å²) in [5.74, 6) is -5.85. The molecule has 40 heavy (non-hydrogen) atoms. The van der Waals surface area contributed by atoms with E-state index in [4.69, 9.17) is 0 Å². The second kappa shape index (κ2) is 11.8. The predicted octanol–water partition coefficient (Wildman–Crippen LogP) is 4.52. The van der Waals surface area contributed by atoms with Gasteiger partial charge < -0.3 is 20.3 Å². The Morgan fingerprint density at radius 3 is 2.23 bits per heavy atom. The monoisotopic (exact) mass is 566 g/mol. The lowest BCUT2D eigenvalue weighted by molar-refractivity contribution is -0.143. The average molecular weight is 567 g/mol. The number of halogens is 5. The van der Waals surface area contributed by atoms with Crippen molar-refractivity contribution < 1.29 is 36.6 Å². The summed E-state index contributed by atoms with van der Waals surface area (Å²) in [6, 6.07) is 2.22. The van der Waals surface area contributed by atoms with Crippen LogP contribution in [0.25, 0.3) is 11.3 Å². The highest BCUT2D eigenvalue weighted by Crippen LogP contribution is 2.28. The fourth-order valence-electron chi connectivity index (χ4n) is 4.14. The average Bonchev–Trinajstić information content (AvgIpc) is 2.85. The third-order valence-corrected chi connectivity index (χ3v) is 6.40. The molecule has 8 nitrogen and oxygen atoms in total. The van der Waals surface area contributed by atoms with Crippen LogP contribution in [-0.2, 0) is 18.3 Å². The molecule has 3 N–H and O–H groups in total. The lowest BCUT2D eigenvalue weighted by Gasteiger charge is -2.21. The molecule has 0 bridgehead atoms. The lowest BCUT2D eigenvalue weighted by atomic mass is 10.0. The summed E-state index contributed by atoms with van der Waals surface area (Å²) < 4.78 is 69.7. The van der Waals surface area contributed by atoms with Crippen LogP contribution in [0.4, 0.5) is 27.6 Å². The summed E-state index contributed by atoms with van der Waals surface area (Å²) in [7, 11) is 1.62. The number of carbonyl (C=O) groups is 2. The Labute approximate surface area is 225 Å². The van der Waals surface area contributed by atoms with Crippen molar-refractivity contribution in [1.29, 1.82) is 0 Å². The normalized spacial score (nSPS) is 13.0. The number of anilines is 1. The Bertz CT molecular complexity index is 1460. The van der Waals surface area contributed by atoms with Crippen molar-refractivity contribution in [3.63, 3.8) is 0 Å². The van der Waals surface area contributed by atoms with Crippen LogP contribution in [0.1, 0.15) is 40.5 Å². The van der Waals surface area contributed by atoms with Gasteiger partial charge in [0.05, 0.1) is 11.3 Å². The number of carboxylic acids is 1. The minimum atomic E-state index is -4.67. The number of benzene rings is 1. The summed E-state index contributed by atoms with van der Waals surface area (Å²) in [6.07, 6.45) is -4.07. The maximum atomic E-state index is 14.6. The van der Waals surface area contributed by atoms with Gasteiger partial charge in [-0.3, -0.25) is 14.6 Å². The fraction of sp³-hybridized carbons (Fsp3) is 0.333. The van der Waals surface area contributed by atoms with Crippen LogP contribution in [0.5, 0.6) is 0 Å². The smallest absolute Gasteiger partial charge is 0.408 e. The van der Waals surface area contributed by atoms with E-state index in [1.54, 1.807) is 20.9 Å². The van der Waals surface area contributed by atoms with Gasteiger partial charge in [-0.1, -0.05) is 13.0 Å². The molecule has 2 atom stereocenters. The van der Waals surface area contributed by atoms with E-state index in [1.807, 2.05) is 16.7 Å². The first-order valence-corrected chi connectivity index (χ1v) is 12.1. The number of amides is 1. The van der Waals surface area contributed by atoms with E-state index in [1.165, 1.54) is 29.8 Å². The molecule has 0 aliphatic heterocycles. The first kappa shape index (κ1) is 30.3. The number of aryl methyl sites for hydroxylation is 2. The number of hydrogen-bond acceptors (Lipinski definition) is 5. The van der Waals surface area contributed by atoms with Crippen molar-refractivity contribution in [2.24, 2.45) is 7.05 Å². The molecule has 214 valence electrons. The Hall–Kier alpha value is -4.29. The topological polar surface area (TPSA) is 113 Å². The second-order valence-corrected chi connectivity index (χ2v) is 9.29. The SMILES string of the molecule is CC[C@@H](Nc1cc(F)c(C(=O)N[C@@H](Cc2ccc(-c3c(C)cc(C)n(C)c3=O)nc2)C(=O)O)c(F)c1)C(F)(F)F. The number of aliphatic carboxylic acids is 1. The Morgan fingerprint density at radius 2 is 1.73 bits per heavy atom. The molecule has 13 heteroatoms. The standard InChI is InChI=1S/C27H27F5N4O4/c1-5-21(27(30,31)32)34-16-10-17(28)23(18(29)11-16)24(37)35-20(26(39)40)9-15-6-7-19(33-12-15)22-13(2)8-14(3)36(4)25(22)38/h6-8,10-12,20-21,34H,5,9H2,1-4H3,(H,35,37)(H,39,40)/t20-,21+/m0/s1. The van der Waals surface area contributed by atoms with Crippen LogP contribution >= 0.6 is 0 Å². The van der Waals surface area contributed by atoms with E-state index in [-0.39, 0.29) is 12.0 Å². The Morgan fingerprint density at radius 1 is 1.10 bits per heavy atom. The molecule has 2 heterocycles. The van der Waals surface area contributed by atoms with Gasteiger partial charge in [0.2, 0.25) is 0 Å². The van der Waals surface area contributed by atoms with Crippen LogP contribution in [0.3, 0.4) is 0 Å². The second-order valence-electron chi connectivity index (χ2n) is 9.29. The predicted molar refractivity (Wildman–Crippen MR) is 137 cm³/mol. The van der Waals surface area contributed by atoms with Crippen molar-refractivity contribution >= 4 is 17.6 Å². The molecule has 2 aromatic heterocycles. The number of hydrogen-bond donors (Lipinski definition) is 3. The van der Waals surface area contributed by atoms with Crippen molar-refractivity contribution in [3.05, 3.63) is 80.9 Å². The first-order valence-electron chi connectivity index (χ1n) is 12.1. The van der Waals surface area contributed by atoms with E-state index in [9.17, 15) is 41.4 Å². The minimum absolute atomic E-state index is 0.262. The molecule has 1 aromatic carbocycles. The minimum Gasteiger partial charge on any atom is -0.480 e. The Kier molecular flexibility index (Phi) is 8.96. The van der Waals surface area contributed by atoms with Crippen molar-refractivity contribution in [1.82, 2.24) is 14.9 Å². The van der Waals surface area contributed by atoms with Crippen LogP contribution in [0, 0.1) is 25.5 Å². The van der Waals surface area contributed by atoms with E-state index in [0.717, 1.165) is 5.69 Å². The van der Waals surface area contributed by atoms with E-state index in [0.29, 0.717) is 34.5 Å². The van der Waals surface area contributed by atoms with Gasteiger partial charge in [0, 0.05) is 31.0 Å². The van der Waals surface area contributed by atoms with Crippen LogP contribution in [0.15, 0.2) is 41.3 Å². The molecule has 0 fully saturated rings. The van der Waals surface area contributed by atoms with Gasteiger partial charge in [0.15, 0.2) is 0 Å². The molecule has 3 aromatic rings. The van der Waals surface area contributed by atoms with E-state index < -0.39 is 59.4 Å². The molecule has 0 saturated carbocycles. The molecular weight excluding hydrogens is 539 g/mol. The molecular formula is C27H27F5N4O4. The van der Waals surface area contributed by atoms with Gasteiger partial charge in [-0.2, -0.15) is 13.2 Å². The van der Waals surface area contributed by atoms with Gasteiger partial charge in [-0.25, -0.2) is 13.6 Å². The van der Waals surface area contributed by atoms with Crippen LogP contribution in [0.2, 0.25) is 0 Å². The number of nitrogens with one attached hydrogen (secondary N) is 2. The van der Waals surface area contributed by atoms with Gasteiger partial charge in [0.1, 0.15) is 29.3 Å². The van der Waals surface area contributed by atoms with Crippen LogP contribution < -0.4 is 16.2 Å². The molecule has 1 amide bonds. The fourth-order valence-corrected chi connectivity index (χ4v) is 4.14. The first-order chi connectivity index (χ1) is 18.6. The number of alkyl halides is 3. The zero-order valence-electron chi connectivity index (χ0n) is 22.0. The van der Waals surface area contributed by atoms with Gasteiger partial charge in [-0.05, 0) is 55.7 Å². The third kappa shape index (κ3) is 6.64. The van der Waals surface area contributed by atoms with Crippen molar-refractivity contribution in [2.75, 3.05) is 5.32 Å². The van der Waals surface area contributed by atoms with E-state index >= 15 is 0 Å². The number of nitrogens with zero attached hydrogens (tertiary/aromatic N) is 2. The third-order valence-electron chi connectivity index (χ3n) is 6.40. The lowest BCUT2D eigenvalue weighted by Crippen LogP contribution is -2.43. The van der Waals surface area contributed by atoms with E-state index in [2.05, 4.69) is 4.98 Å². The number of aromatic nitrogens is 2. The zero-order valence-corrected chi connectivity index (χ0v) is 22.0. The zero-order chi connectivity index (χ0) is 29.9.